The Balaban J connectivity index is 2.19. The maximum atomic E-state index is 11.4. The molecular weight excluding hydrogens is 260 g/mol. The van der Waals surface area contributed by atoms with Crippen molar-refractivity contribution < 1.29 is 19.4 Å². The average molecular weight is 280 g/mol. The molecule has 0 aromatic heterocycles. The molecule has 6 nitrogen and oxygen atoms in total. The summed E-state index contributed by atoms with van der Waals surface area (Å²) >= 11 is 0. The molecule has 0 aliphatic heterocycles. The van der Waals surface area contributed by atoms with Crippen molar-refractivity contribution in [2.45, 2.75) is 6.92 Å². The number of rotatable bonds is 8. The number of hydrogen-bond acceptors (Lipinski definition) is 4. The number of hydrogen-bond donors (Lipinski definition) is 2. The summed E-state index contributed by atoms with van der Waals surface area (Å²) in [4.78, 5) is 23.4. The zero-order chi connectivity index (χ0) is 15.0. The lowest BCUT2D eigenvalue weighted by Gasteiger charge is -2.16. The van der Waals surface area contributed by atoms with Gasteiger partial charge in [-0.1, -0.05) is 17.7 Å². The number of aliphatic carboxylic acids is 1. The Kier molecular flexibility index (Phi) is 6.52. The highest BCUT2D eigenvalue weighted by Gasteiger charge is 2.07. The van der Waals surface area contributed by atoms with E-state index in [0.29, 0.717) is 13.2 Å². The van der Waals surface area contributed by atoms with E-state index in [1.807, 2.05) is 31.2 Å². The van der Waals surface area contributed by atoms with Crippen LogP contribution in [0, 0.1) is 6.92 Å². The zero-order valence-corrected chi connectivity index (χ0v) is 11.8. The fourth-order valence-electron chi connectivity index (χ4n) is 1.51. The van der Waals surface area contributed by atoms with Gasteiger partial charge in [-0.2, -0.15) is 0 Å². The highest BCUT2D eigenvalue weighted by Crippen LogP contribution is 2.10. The first-order valence-corrected chi connectivity index (χ1v) is 6.34. The summed E-state index contributed by atoms with van der Waals surface area (Å²) in [5.41, 5.74) is 1.17. The van der Waals surface area contributed by atoms with Crippen molar-refractivity contribution in [3.63, 3.8) is 0 Å². The van der Waals surface area contributed by atoms with Gasteiger partial charge < -0.3 is 15.2 Å². The van der Waals surface area contributed by atoms with Gasteiger partial charge in [0.25, 0.3) is 0 Å². The van der Waals surface area contributed by atoms with Gasteiger partial charge in [-0.05, 0) is 26.1 Å². The number of nitrogens with one attached hydrogen (secondary N) is 1. The normalized spacial score (nSPS) is 10.3. The molecule has 0 unspecified atom stereocenters. The minimum Gasteiger partial charge on any atom is -0.492 e. The van der Waals surface area contributed by atoms with Gasteiger partial charge in [0.1, 0.15) is 18.9 Å². The standard InChI is InChI=1S/C14H20N2O4/c1-11-3-5-12(6-4-11)20-8-7-16(2)10-13(17)15-9-14(18)19/h3-6H,7-10H2,1-2H3,(H,15,17)(H,18,19). The lowest BCUT2D eigenvalue weighted by molar-refractivity contribution is -0.138. The Morgan fingerprint density at radius 1 is 1.30 bits per heavy atom. The van der Waals surface area contributed by atoms with Crippen molar-refractivity contribution in [3.05, 3.63) is 29.8 Å². The number of nitrogens with zero attached hydrogens (tertiary/aromatic N) is 1. The van der Waals surface area contributed by atoms with Gasteiger partial charge in [0.2, 0.25) is 5.91 Å². The number of carboxylic acids is 1. The van der Waals surface area contributed by atoms with Gasteiger partial charge in [-0.25, -0.2) is 0 Å². The topological polar surface area (TPSA) is 78.9 Å². The largest absolute Gasteiger partial charge is 0.492 e. The molecule has 0 radical (unpaired) electrons. The third-order valence-electron chi connectivity index (χ3n) is 2.61. The number of aryl methyl sites for hydroxylation is 1. The third kappa shape index (κ3) is 6.75. The third-order valence-corrected chi connectivity index (χ3v) is 2.61. The quantitative estimate of drug-likeness (QED) is 0.725. The molecule has 2 N–H and O–H groups in total. The van der Waals surface area contributed by atoms with Crippen LogP contribution in [0.15, 0.2) is 24.3 Å². The molecule has 0 aliphatic rings. The maximum absolute atomic E-state index is 11.4. The molecule has 1 amide bonds. The van der Waals surface area contributed by atoms with Gasteiger partial charge in [0, 0.05) is 6.54 Å². The van der Waals surface area contributed by atoms with Crippen LogP contribution in [0.5, 0.6) is 5.75 Å². The molecule has 0 heterocycles. The van der Waals surface area contributed by atoms with Crippen LogP contribution in [0.2, 0.25) is 0 Å². The minimum atomic E-state index is -1.05. The summed E-state index contributed by atoms with van der Waals surface area (Å²) in [6, 6.07) is 7.74. The molecule has 0 bridgehead atoms. The van der Waals surface area contributed by atoms with Crippen molar-refractivity contribution in [3.8, 4) is 5.75 Å². The number of carboxylic acid groups (broad SMARTS) is 1. The van der Waals surface area contributed by atoms with Crippen LogP contribution in [0.3, 0.4) is 0 Å². The maximum Gasteiger partial charge on any atom is 0.322 e. The monoisotopic (exact) mass is 280 g/mol. The van der Waals surface area contributed by atoms with Gasteiger partial charge >= 0.3 is 5.97 Å². The van der Waals surface area contributed by atoms with Gasteiger partial charge in [-0.3, -0.25) is 14.5 Å². The second kappa shape index (κ2) is 8.16. The van der Waals surface area contributed by atoms with E-state index < -0.39 is 5.97 Å². The van der Waals surface area contributed by atoms with Crippen LogP contribution < -0.4 is 10.1 Å². The van der Waals surface area contributed by atoms with E-state index in [0.717, 1.165) is 5.75 Å². The van der Waals surface area contributed by atoms with Crippen molar-refractivity contribution >= 4 is 11.9 Å². The number of amides is 1. The van der Waals surface area contributed by atoms with Crippen LogP contribution in [-0.4, -0.2) is 55.2 Å². The molecule has 0 atom stereocenters. The highest BCUT2D eigenvalue weighted by molar-refractivity contribution is 5.82. The van der Waals surface area contributed by atoms with Crippen LogP contribution in [-0.2, 0) is 9.59 Å². The highest BCUT2D eigenvalue weighted by atomic mass is 16.5. The number of likely N-dealkylation sites (N-methyl/N-ethyl adjacent to an activating group) is 1. The molecule has 0 spiro atoms. The molecule has 0 saturated carbocycles. The SMILES string of the molecule is Cc1ccc(OCCN(C)CC(=O)NCC(=O)O)cc1. The molecule has 0 aliphatic carbocycles. The van der Waals surface area contributed by atoms with E-state index in [1.165, 1.54) is 5.56 Å². The summed E-state index contributed by atoms with van der Waals surface area (Å²) in [6.45, 7) is 2.84. The molecular formula is C14H20N2O4. The van der Waals surface area contributed by atoms with E-state index in [9.17, 15) is 9.59 Å². The summed E-state index contributed by atoms with van der Waals surface area (Å²) in [6.07, 6.45) is 0. The zero-order valence-electron chi connectivity index (χ0n) is 11.8. The second-order valence-electron chi connectivity index (χ2n) is 4.57. The Hall–Kier alpha value is -2.08. The predicted octanol–water partition coefficient (Wildman–Crippen LogP) is 0.506. The second-order valence-corrected chi connectivity index (χ2v) is 4.57. The Morgan fingerprint density at radius 3 is 2.55 bits per heavy atom. The first-order chi connectivity index (χ1) is 9.47. The molecule has 1 rings (SSSR count). The van der Waals surface area contributed by atoms with E-state index in [-0.39, 0.29) is 19.0 Å². The van der Waals surface area contributed by atoms with E-state index in [1.54, 1.807) is 11.9 Å². The Morgan fingerprint density at radius 2 is 1.95 bits per heavy atom. The van der Waals surface area contributed by atoms with Crippen molar-refractivity contribution in [1.29, 1.82) is 0 Å². The first kappa shape index (κ1) is 16.0. The summed E-state index contributed by atoms with van der Waals surface area (Å²) in [5.74, 6) is -0.576. The fourth-order valence-corrected chi connectivity index (χ4v) is 1.51. The Bertz CT molecular complexity index is 445. The molecule has 0 fully saturated rings. The number of benzene rings is 1. The van der Waals surface area contributed by atoms with E-state index in [2.05, 4.69) is 5.32 Å². The first-order valence-electron chi connectivity index (χ1n) is 6.34. The summed E-state index contributed by atoms with van der Waals surface area (Å²) in [7, 11) is 1.78. The average Bonchev–Trinajstić information content (AvgIpc) is 2.38. The lowest BCUT2D eigenvalue weighted by atomic mass is 10.2. The van der Waals surface area contributed by atoms with Crippen LogP contribution >= 0.6 is 0 Å². The van der Waals surface area contributed by atoms with Gasteiger partial charge in [0.05, 0.1) is 6.54 Å². The fraction of sp³-hybridized carbons (Fsp3) is 0.429. The van der Waals surface area contributed by atoms with Crippen LogP contribution in [0.1, 0.15) is 5.56 Å². The molecule has 110 valence electrons. The van der Waals surface area contributed by atoms with E-state index >= 15 is 0 Å². The van der Waals surface area contributed by atoms with Crippen LogP contribution in [0.4, 0.5) is 0 Å². The van der Waals surface area contributed by atoms with Crippen molar-refractivity contribution in [2.24, 2.45) is 0 Å². The molecule has 1 aromatic carbocycles. The smallest absolute Gasteiger partial charge is 0.322 e. The molecule has 0 saturated heterocycles. The van der Waals surface area contributed by atoms with Crippen LogP contribution in [0.25, 0.3) is 0 Å². The molecule has 1 aromatic rings. The number of carbonyl (C=O) groups excluding carboxylic acids is 1. The van der Waals surface area contributed by atoms with Gasteiger partial charge in [0.15, 0.2) is 0 Å². The summed E-state index contributed by atoms with van der Waals surface area (Å²) < 4.78 is 5.54. The summed E-state index contributed by atoms with van der Waals surface area (Å²) in [5, 5.41) is 10.7. The van der Waals surface area contributed by atoms with Gasteiger partial charge in [-0.15, -0.1) is 0 Å². The number of ether oxygens (including phenoxy) is 1. The number of carbonyl (C=O) groups is 2. The molecule has 20 heavy (non-hydrogen) atoms. The molecule has 6 heteroatoms. The van der Waals surface area contributed by atoms with Crippen molar-refractivity contribution in [2.75, 3.05) is 33.3 Å². The van der Waals surface area contributed by atoms with E-state index in [4.69, 9.17) is 9.84 Å². The predicted molar refractivity (Wildman–Crippen MR) is 74.8 cm³/mol. The minimum absolute atomic E-state index is 0.143. The Labute approximate surface area is 118 Å². The van der Waals surface area contributed by atoms with Crippen molar-refractivity contribution in [1.82, 2.24) is 10.2 Å². The lowest BCUT2D eigenvalue weighted by Crippen LogP contribution is -2.38.